The van der Waals surface area contributed by atoms with E-state index < -0.39 is 6.10 Å². The van der Waals surface area contributed by atoms with Gasteiger partial charge in [-0.25, -0.2) is 0 Å². The molecule has 83 heavy (non-hydrogen) atoms. The molecule has 0 aromatic carbocycles. The second kappa shape index (κ2) is 71.6. The van der Waals surface area contributed by atoms with Crippen molar-refractivity contribution in [3.05, 3.63) is 60.8 Å². The minimum atomic E-state index is -0.790. The van der Waals surface area contributed by atoms with E-state index in [4.69, 9.17) is 14.2 Å². The molecule has 0 amide bonds. The van der Waals surface area contributed by atoms with Crippen LogP contribution >= 0.6 is 0 Å². The molecule has 0 aromatic heterocycles. The van der Waals surface area contributed by atoms with E-state index in [2.05, 4.69) is 81.5 Å². The standard InChI is InChI=1S/C77H140O6/c1-4-7-10-13-16-19-22-25-28-31-32-33-34-35-36-37-38-39-40-41-42-43-44-47-49-52-55-58-61-64-67-70-76(79)82-73-74(83-77(80)71-68-65-62-59-56-53-50-46-30-27-24-21-18-15-12-9-6-3)72-81-75(78)69-66-63-60-57-54-51-48-45-29-26-23-20-17-14-11-8-5-2/h9,12,18,21,26-27,29-30,50,53,74H,4-8,10-11,13-17,19-20,22-25,28,31-49,51-52,54-73H2,1-3H3/b12-9-,21-18-,29-26-,30-27-,53-50-. The van der Waals surface area contributed by atoms with Gasteiger partial charge < -0.3 is 14.2 Å². The normalized spacial score (nSPS) is 12.4. The van der Waals surface area contributed by atoms with Crippen molar-refractivity contribution < 1.29 is 28.6 Å². The van der Waals surface area contributed by atoms with Gasteiger partial charge in [0.1, 0.15) is 13.2 Å². The fourth-order valence-corrected chi connectivity index (χ4v) is 11.0. The third-order valence-corrected chi connectivity index (χ3v) is 16.5. The average molecular weight is 1160 g/mol. The number of carbonyl (C=O) groups is 3. The van der Waals surface area contributed by atoms with Crippen LogP contribution in [0.1, 0.15) is 393 Å². The first kappa shape index (κ1) is 80.1. The molecule has 0 aliphatic rings. The van der Waals surface area contributed by atoms with Gasteiger partial charge in [0.05, 0.1) is 0 Å². The molecule has 0 N–H and O–H groups in total. The highest BCUT2D eigenvalue weighted by atomic mass is 16.6. The number of unbranched alkanes of at least 4 members (excludes halogenated alkanes) is 47. The van der Waals surface area contributed by atoms with Gasteiger partial charge in [0.25, 0.3) is 0 Å². The van der Waals surface area contributed by atoms with Crippen LogP contribution in [0, 0.1) is 0 Å². The summed E-state index contributed by atoms with van der Waals surface area (Å²) >= 11 is 0. The Morgan fingerprint density at radius 1 is 0.253 bits per heavy atom. The van der Waals surface area contributed by atoms with Gasteiger partial charge in [0.2, 0.25) is 0 Å². The SMILES string of the molecule is CC/C=C\C/C=C\C/C=C\C/C=C\CCCCCCC(=O)OC(COC(=O)CCCCCCCCC/C=C\CCCCCCCC)COC(=O)CCCCCCCCCCCCCCCCCCCCCCCCCCCCCCCCC. The molecule has 0 radical (unpaired) electrons. The van der Waals surface area contributed by atoms with E-state index in [-0.39, 0.29) is 31.1 Å². The summed E-state index contributed by atoms with van der Waals surface area (Å²) < 4.78 is 17.0. The fraction of sp³-hybridized carbons (Fsp3) is 0.831. The average Bonchev–Trinajstić information content (AvgIpc) is 3.50. The highest BCUT2D eigenvalue weighted by Gasteiger charge is 2.19. The molecule has 0 aromatic rings. The third kappa shape index (κ3) is 69.8. The lowest BCUT2D eigenvalue weighted by atomic mass is 10.0. The summed E-state index contributed by atoms with van der Waals surface area (Å²) in [5, 5.41) is 0. The van der Waals surface area contributed by atoms with E-state index in [1.165, 1.54) is 257 Å². The first-order chi connectivity index (χ1) is 41.0. The first-order valence-corrected chi connectivity index (χ1v) is 36.8. The van der Waals surface area contributed by atoms with Gasteiger partial charge >= 0.3 is 17.9 Å². The number of carbonyl (C=O) groups excluding carboxylic acids is 3. The fourth-order valence-electron chi connectivity index (χ4n) is 11.0. The molecular weight excluding hydrogens is 1020 g/mol. The Balaban J connectivity index is 4.21. The molecule has 0 fully saturated rings. The predicted octanol–water partition coefficient (Wildman–Crippen LogP) is 25.5. The zero-order valence-electron chi connectivity index (χ0n) is 55.7. The van der Waals surface area contributed by atoms with Crippen molar-refractivity contribution in [2.24, 2.45) is 0 Å². The maximum absolute atomic E-state index is 12.9. The lowest BCUT2D eigenvalue weighted by molar-refractivity contribution is -0.167. The number of rotatable bonds is 68. The van der Waals surface area contributed by atoms with E-state index in [9.17, 15) is 14.4 Å². The summed E-state index contributed by atoms with van der Waals surface area (Å²) in [6, 6.07) is 0. The lowest BCUT2D eigenvalue weighted by Gasteiger charge is -2.18. The lowest BCUT2D eigenvalue weighted by Crippen LogP contribution is -2.30. The molecule has 484 valence electrons. The highest BCUT2D eigenvalue weighted by Crippen LogP contribution is 2.19. The van der Waals surface area contributed by atoms with Crippen LogP contribution in [0.25, 0.3) is 0 Å². The molecular formula is C77H140O6. The summed E-state index contributed by atoms with van der Waals surface area (Å²) in [6.07, 6.45) is 92.7. The van der Waals surface area contributed by atoms with Gasteiger partial charge in [-0.15, -0.1) is 0 Å². The Labute approximate surface area is 517 Å². The van der Waals surface area contributed by atoms with Crippen LogP contribution in [0.15, 0.2) is 60.8 Å². The molecule has 0 saturated carbocycles. The van der Waals surface area contributed by atoms with Crippen LogP contribution in [-0.2, 0) is 28.6 Å². The van der Waals surface area contributed by atoms with Gasteiger partial charge in [-0.2, -0.15) is 0 Å². The Bertz CT molecular complexity index is 1470. The van der Waals surface area contributed by atoms with Crippen molar-refractivity contribution in [1.29, 1.82) is 0 Å². The summed E-state index contributed by atoms with van der Waals surface area (Å²) in [6.45, 7) is 6.57. The number of hydrogen-bond donors (Lipinski definition) is 0. The summed E-state index contributed by atoms with van der Waals surface area (Å²) in [5.74, 6) is -0.887. The van der Waals surface area contributed by atoms with Crippen molar-refractivity contribution >= 4 is 17.9 Å². The molecule has 1 atom stereocenters. The zero-order chi connectivity index (χ0) is 59.9. The van der Waals surface area contributed by atoms with Crippen LogP contribution in [0.2, 0.25) is 0 Å². The highest BCUT2D eigenvalue weighted by molar-refractivity contribution is 5.71. The van der Waals surface area contributed by atoms with Gasteiger partial charge in [-0.05, 0) is 83.5 Å². The molecule has 0 rings (SSSR count). The Hall–Kier alpha value is -2.89. The van der Waals surface area contributed by atoms with Crippen LogP contribution in [0.4, 0.5) is 0 Å². The van der Waals surface area contributed by atoms with Gasteiger partial charge in [-0.3, -0.25) is 14.4 Å². The maximum atomic E-state index is 12.9. The smallest absolute Gasteiger partial charge is 0.306 e. The molecule has 0 aliphatic heterocycles. The second-order valence-electron chi connectivity index (χ2n) is 24.8. The number of allylic oxidation sites excluding steroid dienone is 10. The largest absolute Gasteiger partial charge is 0.462 e. The van der Waals surface area contributed by atoms with Crippen LogP contribution in [0.3, 0.4) is 0 Å². The van der Waals surface area contributed by atoms with Gasteiger partial charge in [0, 0.05) is 19.3 Å². The minimum Gasteiger partial charge on any atom is -0.462 e. The van der Waals surface area contributed by atoms with E-state index >= 15 is 0 Å². The van der Waals surface area contributed by atoms with Crippen molar-refractivity contribution in [3.8, 4) is 0 Å². The summed E-state index contributed by atoms with van der Waals surface area (Å²) in [7, 11) is 0. The summed E-state index contributed by atoms with van der Waals surface area (Å²) in [5.41, 5.74) is 0. The quantitative estimate of drug-likeness (QED) is 0.0261. The summed E-state index contributed by atoms with van der Waals surface area (Å²) in [4.78, 5) is 38.5. The number of ether oxygens (including phenoxy) is 3. The molecule has 6 nitrogen and oxygen atoms in total. The minimum absolute atomic E-state index is 0.0821. The Kier molecular flexibility index (Phi) is 69.1. The molecule has 0 spiro atoms. The van der Waals surface area contributed by atoms with E-state index in [0.717, 1.165) is 96.3 Å². The van der Waals surface area contributed by atoms with Crippen molar-refractivity contribution in [2.75, 3.05) is 13.2 Å². The Morgan fingerprint density at radius 2 is 0.470 bits per heavy atom. The van der Waals surface area contributed by atoms with Crippen molar-refractivity contribution in [2.45, 2.75) is 399 Å². The Morgan fingerprint density at radius 3 is 0.747 bits per heavy atom. The molecule has 0 bridgehead atoms. The molecule has 1 unspecified atom stereocenters. The third-order valence-electron chi connectivity index (χ3n) is 16.5. The van der Waals surface area contributed by atoms with Crippen molar-refractivity contribution in [3.63, 3.8) is 0 Å². The first-order valence-electron chi connectivity index (χ1n) is 36.8. The monoisotopic (exact) mass is 1160 g/mol. The molecule has 6 heteroatoms. The topological polar surface area (TPSA) is 78.9 Å². The van der Waals surface area contributed by atoms with E-state index in [0.29, 0.717) is 19.3 Å². The molecule has 0 heterocycles. The van der Waals surface area contributed by atoms with Crippen LogP contribution < -0.4 is 0 Å². The van der Waals surface area contributed by atoms with Crippen LogP contribution in [0.5, 0.6) is 0 Å². The zero-order valence-corrected chi connectivity index (χ0v) is 55.7. The van der Waals surface area contributed by atoms with E-state index in [1.54, 1.807) is 0 Å². The molecule has 0 saturated heterocycles. The predicted molar refractivity (Wildman–Crippen MR) is 362 cm³/mol. The van der Waals surface area contributed by atoms with Gasteiger partial charge in [-0.1, -0.05) is 351 Å². The van der Waals surface area contributed by atoms with Gasteiger partial charge in [0.15, 0.2) is 6.10 Å². The van der Waals surface area contributed by atoms with E-state index in [1.807, 2.05) is 0 Å². The second-order valence-corrected chi connectivity index (χ2v) is 24.8. The van der Waals surface area contributed by atoms with Crippen molar-refractivity contribution in [1.82, 2.24) is 0 Å². The maximum Gasteiger partial charge on any atom is 0.306 e. The number of hydrogen-bond acceptors (Lipinski definition) is 6. The molecule has 0 aliphatic carbocycles. The number of esters is 3. The van der Waals surface area contributed by atoms with Crippen LogP contribution in [-0.4, -0.2) is 37.2 Å².